The van der Waals surface area contributed by atoms with Crippen LogP contribution in [0.1, 0.15) is 26.7 Å². The second-order valence-corrected chi connectivity index (χ2v) is 7.62. The van der Waals surface area contributed by atoms with E-state index in [0.29, 0.717) is 40.2 Å². The molecule has 1 heterocycles. The lowest BCUT2D eigenvalue weighted by Gasteiger charge is -2.16. The third-order valence-corrected chi connectivity index (χ3v) is 4.99. The number of carbonyl (C=O) groups is 4. The van der Waals surface area contributed by atoms with Crippen molar-refractivity contribution in [1.82, 2.24) is 9.80 Å². The molecule has 3 rings (SSSR count). The van der Waals surface area contributed by atoms with Gasteiger partial charge in [-0.05, 0) is 55.8 Å². The van der Waals surface area contributed by atoms with Gasteiger partial charge in [0.05, 0.1) is 12.3 Å². The monoisotopic (exact) mass is 473 g/mol. The van der Waals surface area contributed by atoms with Gasteiger partial charge in [0.1, 0.15) is 18.0 Å². The van der Waals surface area contributed by atoms with Gasteiger partial charge < -0.3 is 14.8 Å². The van der Waals surface area contributed by atoms with Crippen LogP contribution in [0.5, 0.6) is 17.2 Å². The number of unbranched alkanes of at least 4 members (excludes halogenated alkanes) is 1. The fraction of sp³-hybridized carbons (Fsp3) is 0.304. The predicted molar refractivity (Wildman–Crippen MR) is 121 cm³/mol. The molecular weight excluding hydrogens is 450 g/mol. The van der Waals surface area contributed by atoms with Gasteiger partial charge in [0, 0.05) is 11.6 Å². The Morgan fingerprint density at radius 3 is 2.30 bits per heavy atom. The van der Waals surface area contributed by atoms with Crippen molar-refractivity contribution in [2.24, 2.45) is 0 Å². The third-order valence-electron chi connectivity index (χ3n) is 4.75. The highest BCUT2D eigenvalue weighted by Crippen LogP contribution is 2.33. The minimum Gasteiger partial charge on any atom is -0.494 e. The Morgan fingerprint density at radius 1 is 0.970 bits per heavy atom. The minimum atomic E-state index is -1.02. The molecule has 2 aromatic carbocycles. The maximum atomic E-state index is 12.6. The SMILES string of the molecule is CCCCN1C(=O)C(=O)N(CC(=O)Nc2cc(Cl)ccc2Oc2ccc(OCC)cc2)C1=O. The Morgan fingerprint density at radius 2 is 1.64 bits per heavy atom. The number of benzene rings is 2. The second-order valence-electron chi connectivity index (χ2n) is 7.18. The Kier molecular flexibility index (Phi) is 7.89. The zero-order valence-corrected chi connectivity index (χ0v) is 19.1. The minimum absolute atomic E-state index is 0.131. The maximum absolute atomic E-state index is 12.6. The van der Waals surface area contributed by atoms with Crippen LogP contribution in [-0.4, -0.2) is 53.2 Å². The highest BCUT2D eigenvalue weighted by atomic mass is 35.5. The molecule has 174 valence electrons. The number of ether oxygens (including phenoxy) is 2. The van der Waals surface area contributed by atoms with Crippen LogP contribution in [0.4, 0.5) is 10.5 Å². The molecule has 1 saturated heterocycles. The predicted octanol–water partition coefficient (Wildman–Crippen LogP) is 4.06. The summed E-state index contributed by atoms with van der Waals surface area (Å²) in [6.07, 6.45) is 1.32. The van der Waals surface area contributed by atoms with Crippen molar-refractivity contribution >= 4 is 41.0 Å². The lowest BCUT2D eigenvalue weighted by molar-refractivity contribution is -0.143. The van der Waals surface area contributed by atoms with Crippen LogP contribution in [0.15, 0.2) is 42.5 Å². The van der Waals surface area contributed by atoms with Crippen molar-refractivity contribution in [1.29, 1.82) is 0 Å². The number of carbonyl (C=O) groups excluding carboxylic acids is 4. The van der Waals surface area contributed by atoms with Crippen molar-refractivity contribution in [3.63, 3.8) is 0 Å². The number of nitrogens with zero attached hydrogens (tertiary/aromatic N) is 2. The van der Waals surface area contributed by atoms with Gasteiger partial charge >= 0.3 is 17.8 Å². The van der Waals surface area contributed by atoms with E-state index in [0.717, 1.165) is 11.3 Å². The standard InChI is InChI=1S/C23H24ClN3O6/c1-3-5-12-26-21(29)22(30)27(23(26)31)14-20(28)25-18-13-15(24)6-11-19(18)33-17-9-7-16(8-10-17)32-4-2/h6-11,13H,3-5,12,14H2,1-2H3,(H,25,28). The van der Waals surface area contributed by atoms with E-state index in [-0.39, 0.29) is 12.2 Å². The molecule has 0 unspecified atom stereocenters. The van der Waals surface area contributed by atoms with Crippen LogP contribution in [0, 0.1) is 0 Å². The van der Waals surface area contributed by atoms with E-state index in [4.69, 9.17) is 21.1 Å². The van der Waals surface area contributed by atoms with Crippen LogP contribution >= 0.6 is 11.6 Å². The number of amides is 5. The summed E-state index contributed by atoms with van der Waals surface area (Å²) in [7, 11) is 0. The average molecular weight is 474 g/mol. The largest absolute Gasteiger partial charge is 0.494 e. The number of rotatable bonds is 10. The van der Waals surface area contributed by atoms with Crippen LogP contribution in [0.3, 0.4) is 0 Å². The van der Waals surface area contributed by atoms with E-state index in [1.165, 1.54) is 6.07 Å². The van der Waals surface area contributed by atoms with Gasteiger partial charge in [-0.1, -0.05) is 24.9 Å². The molecule has 2 aromatic rings. The van der Waals surface area contributed by atoms with E-state index in [1.54, 1.807) is 36.4 Å². The molecule has 1 fully saturated rings. The summed E-state index contributed by atoms with van der Waals surface area (Å²) >= 11 is 6.07. The normalized spacial score (nSPS) is 13.5. The molecule has 33 heavy (non-hydrogen) atoms. The van der Waals surface area contributed by atoms with Crippen LogP contribution in [0.2, 0.25) is 5.02 Å². The molecule has 0 radical (unpaired) electrons. The smallest absolute Gasteiger partial charge is 0.334 e. The number of anilines is 1. The summed E-state index contributed by atoms with van der Waals surface area (Å²) in [6, 6.07) is 10.8. The molecular formula is C23H24ClN3O6. The molecule has 9 nitrogen and oxygen atoms in total. The summed E-state index contributed by atoms with van der Waals surface area (Å²) < 4.78 is 11.3. The van der Waals surface area contributed by atoms with Crippen LogP contribution in [0.25, 0.3) is 0 Å². The summed E-state index contributed by atoms with van der Waals surface area (Å²) in [4.78, 5) is 50.8. The molecule has 10 heteroatoms. The van der Waals surface area contributed by atoms with Crippen molar-refractivity contribution < 1.29 is 28.7 Å². The van der Waals surface area contributed by atoms with Gasteiger partial charge in [-0.15, -0.1) is 0 Å². The highest BCUT2D eigenvalue weighted by molar-refractivity contribution is 6.45. The highest BCUT2D eigenvalue weighted by Gasteiger charge is 2.44. The molecule has 0 aromatic heterocycles. The molecule has 5 amide bonds. The molecule has 0 aliphatic carbocycles. The first-order valence-electron chi connectivity index (χ1n) is 10.5. The van der Waals surface area contributed by atoms with E-state index in [9.17, 15) is 19.2 Å². The first-order valence-corrected chi connectivity index (χ1v) is 10.9. The second kappa shape index (κ2) is 10.8. The summed E-state index contributed by atoms with van der Waals surface area (Å²) in [6.45, 7) is 3.84. The fourth-order valence-electron chi connectivity index (χ4n) is 3.12. The Bertz CT molecular complexity index is 1060. The Hall–Kier alpha value is -3.59. The summed E-state index contributed by atoms with van der Waals surface area (Å²) in [5, 5.41) is 2.94. The number of hydrogen-bond acceptors (Lipinski definition) is 6. The lowest BCUT2D eigenvalue weighted by Crippen LogP contribution is -2.39. The first-order chi connectivity index (χ1) is 15.8. The van der Waals surface area contributed by atoms with E-state index >= 15 is 0 Å². The Balaban J connectivity index is 1.70. The van der Waals surface area contributed by atoms with E-state index in [2.05, 4.69) is 5.32 Å². The van der Waals surface area contributed by atoms with Gasteiger partial charge in [-0.3, -0.25) is 19.3 Å². The third kappa shape index (κ3) is 5.81. The average Bonchev–Trinajstić information content (AvgIpc) is 2.98. The van der Waals surface area contributed by atoms with Gasteiger partial charge in [0.15, 0.2) is 5.75 Å². The molecule has 1 N–H and O–H groups in total. The maximum Gasteiger partial charge on any atom is 0.334 e. The number of nitrogens with one attached hydrogen (secondary N) is 1. The first kappa shape index (κ1) is 24.1. The molecule has 0 spiro atoms. The topological polar surface area (TPSA) is 105 Å². The van der Waals surface area contributed by atoms with Gasteiger partial charge in [-0.2, -0.15) is 0 Å². The van der Waals surface area contributed by atoms with Crippen LogP contribution in [-0.2, 0) is 14.4 Å². The molecule has 0 atom stereocenters. The van der Waals surface area contributed by atoms with Crippen molar-refractivity contribution in [3.8, 4) is 17.2 Å². The van der Waals surface area contributed by atoms with E-state index < -0.39 is 30.3 Å². The van der Waals surface area contributed by atoms with E-state index in [1.807, 2.05) is 13.8 Å². The molecule has 0 bridgehead atoms. The van der Waals surface area contributed by atoms with Crippen molar-refractivity contribution in [2.45, 2.75) is 26.7 Å². The number of urea groups is 1. The van der Waals surface area contributed by atoms with Gasteiger partial charge in [0.25, 0.3) is 0 Å². The van der Waals surface area contributed by atoms with Gasteiger partial charge in [-0.25, -0.2) is 9.69 Å². The fourth-order valence-corrected chi connectivity index (χ4v) is 3.30. The molecule has 0 saturated carbocycles. The molecule has 1 aliphatic heterocycles. The zero-order chi connectivity index (χ0) is 24.0. The summed E-state index contributed by atoms with van der Waals surface area (Å²) in [5.41, 5.74) is 0.245. The Labute approximate surface area is 196 Å². The van der Waals surface area contributed by atoms with Crippen molar-refractivity contribution in [2.75, 3.05) is 25.0 Å². The van der Waals surface area contributed by atoms with Gasteiger partial charge in [0.2, 0.25) is 5.91 Å². The quantitative estimate of drug-likeness (QED) is 0.412. The van der Waals surface area contributed by atoms with Crippen molar-refractivity contribution in [3.05, 3.63) is 47.5 Å². The number of hydrogen-bond donors (Lipinski definition) is 1. The number of halogens is 1. The molecule has 1 aliphatic rings. The lowest BCUT2D eigenvalue weighted by atomic mass is 10.2. The zero-order valence-electron chi connectivity index (χ0n) is 18.3. The van der Waals surface area contributed by atoms with Crippen LogP contribution < -0.4 is 14.8 Å². The summed E-state index contributed by atoms with van der Waals surface area (Å²) in [5.74, 6) is -1.14. The number of imide groups is 2.